The summed E-state index contributed by atoms with van der Waals surface area (Å²) in [6.07, 6.45) is 1.10. The van der Waals surface area contributed by atoms with Crippen molar-refractivity contribution in [1.29, 1.82) is 0 Å². The van der Waals surface area contributed by atoms with Gasteiger partial charge in [-0.3, -0.25) is 9.59 Å². The summed E-state index contributed by atoms with van der Waals surface area (Å²) in [5.74, 6) is -0.204. The van der Waals surface area contributed by atoms with Crippen molar-refractivity contribution in [3.8, 4) is 0 Å². The smallest absolute Gasteiger partial charge is 0.226 e. The van der Waals surface area contributed by atoms with Gasteiger partial charge in [0.05, 0.1) is 0 Å². The van der Waals surface area contributed by atoms with Crippen LogP contribution in [-0.2, 0) is 9.59 Å². The van der Waals surface area contributed by atoms with Gasteiger partial charge in [-0.05, 0) is 45.3 Å². The Morgan fingerprint density at radius 2 is 1.65 bits per heavy atom. The molecule has 0 atom stereocenters. The van der Waals surface area contributed by atoms with Crippen LogP contribution in [0, 0.1) is 0 Å². The zero-order chi connectivity index (χ0) is 17.4. The van der Waals surface area contributed by atoms with Gasteiger partial charge in [0.15, 0.2) is 0 Å². The Bertz CT molecular complexity index is 530. The molecule has 1 aromatic rings. The highest BCUT2D eigenvalue weighted by atomic mass is 35.5. The number of rotatable bonds is 8. The molecule has 0 aliphatic heterocycles. The lowest BCUT2D eigenvalue weighted by Crippen LogP contribution is -2.34. The Morgan fingerprint density at radius 1 is 1.04 bits per heavy atom. The van der Waals surface area contributed by atoms with Gasteiger partial charge in [0, 0.05) is 42.2 Å². The molecule has 0 aliphatic rings. The minimum absolute atomic E-state index is 0.0256. The highest BCUT2D eigenvalue weighted by molar-refractivity contribution is 6.35. The van der Waals surface area contributed by atoms with Gasteiger partial charge in [0.25, 0.3) is 0 Å². The number of nitrogens with zero attached hydrogens (tertiary/aromatic N) is 2. The second kappa shape index (κ2) is 9.75. The SMILES string of the molecule is CC(=O)N(CCCN(C)C)CCC(=O)Nc1cc(Cl)cc(Cl)c1. The second-order valence-corrected chi connectivity index (χ2v) is 6.49. The fourth-order valence-corrected chi connectivity index (χ4v) is 2.62. The zero-order valence-electron chi connectivity index (χ0n) is 13.7. The molecule has 0 bridgehead atoms. The van der Waals surface area contributed by atoms with E-state index in [0.29, 0.717) is 28.8 Å². The topological polar surface area (TPSA) is 52.7 Å². The van der Waals surface area contributed by atoms with Crippen LogP contribution in [0.15, 0.2) is 18.2 Å². The van der Waals surface area contributed by atoms with Crippen LogP contribution in [0.5, 0.6) is 0 Å². The number of carbonyl (C=O) groups is 2. The van der Waals surface area contributed by atoms with E-state index in [1.165, 1.54) is 6.92 Å². The molecular formula is C16H23Cl2N3O2. The van der Waals surface area contributed by atoms with Crippen molar-refractivity contribution in [1.82, 2.24) is 9.80 Å². The van der Waals surface area contributed by atoms with Gasteiger partial charge < -0.3 is 15.1 Å². The number of carbonyl (C=O) groups excluding carboxylic acids is 2. The molecular weight excluding hydrogens is 337 g/mol. The summed E-state index contributed by atoms with van der Waals surface area (Å²) in [6.45, 7) is 3.45. The Hall–Kier alpha value is -1.30. The Morgan fingerprint density at radius 3 is 2.17 bits per heavy atom. The van der Waals surface area contributed by atoms with E-state index in [9.17, 15) is 9.59 Å². The molecule has 0 saturated carbocycles. The molecule has 0 aromatic heterocycles. The standard InChI is InChI=1S/C16H23Cl2N3O2/c1-12(22)21(7-4-6-20(2)3)8-5-16(23)19-15-10-13(17)9-14(18)11-15/h9-11H,4-8H2,1-3H3,(H,19,23). The predicted molar refractivity (Wildman–Crippen MR) is 95.1 cm³/mol. The quantitative estimate of drug-likeness (QED) is 0.775. The van der Waals surface area contributed by atoms with Crippen LogP contribution < -0.4 is 5.32 Å². The zero-order valence-corrected chi connectivity index (χ0v) is 15.2. The maximum Gasteiger partial charge on any atom is 0.226 e. The van der Waals surface area contributed by atoms with E-state index in [-0.39, 0.29) is 18.2 Å². The second-order valence-electron chi connectivity index (χ2n) is 5.62. The molecule has 128 valence electrons. The fourth-order valence-electron chi connectivity index (χ4n) is 2.09. The van der Waals surface area contributed by atoms with Gasteiger partial charge in [0.2, 0.25) is 11.8 Å². The number of hydrogen-bond donors (Lipinski definition) is 1. The number of benzene rings is 1. The van der Waals surface area contributed by atoms with E-state index in [4.69, 9.17) is 23.2 Å². The predicted octanol–water partition coefficient (Wildman–Crippen LogP) is 3.12. The van der Waals surface area contributed by atoms with E-state index in [1.54, 1.807) is 23.1 Å². The maximum absolute atomic E-state index is 12.0. The average molecular weight is 360 g/mol. The van der Waals surface area contributed by atoms with E-state index >= 15 is 0 Å². The van der Waals surface area contributed by atoms with Gasteiger partial charge in [0.1, 0.15) is 0 Å². The molecule has 0 unspecified atom stereocenters. The highest BCUT2D eigenvalue weighted by Crippen LogP contribution is 2.22. The largest absolute Gasteiger partial charge is 0.342 e. The normalized spacial score (nSPS) is 10.7. The van der Waals surface area contributed by atoms with Crippen molar-refractivity contribution in [2.45, 2.75) is 19.8 Å². The van der Waals surface area contributed by atoms with Crippen LogP contribution in [0.4, 0.5) is 5.69 Å². The molecule has 0 heterocycles. The van der Waals surface area contributed by atoms with Crippen LogP contribution in [0.25, 0.3) is 0 Å². The first-order valence-electron chi connectivity index (χ1n) is 7.44. The third kappa shape index (κ3) is 8.21. The number of amides is 2. The van der Waals surface area contributed by atoms with Gasteiger partial charge >= 0.3 is 0 Å². The molecule has 2 amide bonds. The van der Waals surface area contributed by atoms with Crippen molar-refractivity contribution < 1.29 is 9.59 Å². The summed E-state index contributed by atoms with van der Waals surface area (Å²) in [7, 11) is 3.98. The molecule has 0 spiro atoms. The van der Waals surface area contributed by atoms with Crippen molar-refractivity contribution in [2.24, 2.45) is 0 Å². The lowest BCUT2D eigenvalue weighted by molar-refractivity contribution is -0.129. The molecule has 23 heavy (non-hydrogen) atoms. The van der Waals surface area contributed by atoms with E-state index in [0.717, 1.165) is 13.0 Å². The maximum atomic E-state index is 12.0. The van der Waals surface area contributed by atoms with Crippen LogP contribution in [0.2, 0.25) is 10.0 Å². The number of halogens is 2. The molecule has 0 saturated heterocycles. The molecule has 0 fully saturated rings. The van der Waals surface area contributed by atoms with Gasteiger partial charge in [-0.25, -0.2) is 0 Å². The third-order valence-corrected chi connectivity index (χ3v) is 3.67. The van der Waals surface area contributed by atoms with Crippen LogP contribution in [0.3, 0.4) is 0 Å². The number of nitrogens with one attached hydrogen (secondary N) is 1. The first-order chi connectivity index (χ1) is 10.8. The summed E-state index contributed by atoms with van der Waals surface area (Å²) in [5, 5.41) is 3.66. The molecule has 1 rings (SSSR count). The van der Waals surface area contributed by atoms with E-state index < -0.39 is 0 Å². The van der Waals surface area contributed by atoms with Crippen LogP contribution >= 0.6 is 23.2 Å². The molecule has 7 heteroatoms. The monoisotopic (exact) mass is 359 g/mol. The van der Waals surface area contributed by atoms with Crippen molar-refractivity contribution >= 4 is 40.7 Å². The summed E-state index contributed by atoms with van der Waals surface area (Å²) < 4.78 is 0. The summed E-state index contributed by atoms with van der Waals surface area (Å²) in [5.41, 5.74) is 0.550. The first kappa shape index (κ1) is 19.7. The lowest BCUT2D eigenvalue weighted by Gasteiger charge is -2.21. The number of hydrogen-bond acceptors (Lipinski definition) is 3. The van der Waals surface area contributed by atoms with E-state index in [1.807, 2.05) is 14.1 Å². The molecule has 0 radical (unpaired) electrons. The molecule has 5 nitrogen and oxygen atoms in total. The molecule has 1 N–H and O–H groups in total. The summed E-state index contributed by atoms with van der Waals surface area (Å²) >= 11 is 11.8. The van der Waals surface area contributed by atoms with Gasteiger partial charge in [-0.15, -0.1) is 0 Å². The van der Waals surface area contributed by atoms with Crippen LogP contribution in [-0.4, -0.2) is 55.3 Å². The minimum Gasteiger partial charge on any atom is -0.342 e. The van der Waals surface area contributed by atoms with Crippen molar-refractivity contribution in [2.75, 3.05) is 39.0 Å². The van der Waals surface area contributed by atoms with Crippen LogP contribution in [0.1, 0.15) is 19.8 Å². The third-order valence-electron chi connectivity index (χ3n) is 3.23. The lowest BCUT2D eigenvalue weighted by atomic mass is 10.2. The van der Waals surface area contributed by atoms with Crippen molar-refractivity contribution in [3.63, 3.8) is 0 Å². The molecule has 0 aliphatic carbocycles. The average Bonchev–Trinajstić information content (AvgIpc) is 2.40. The molecule has 1 aromatic carbocycles. The van der Waals surface area contributed by atoms with Gasteiger partial charge in [-0.2, -0.15) is 0 Å². The Labute approximate surface area is 147 Å². The fraction of sp³-hybridized carbons (Fsp3) is 0.500. The number of anilines is 1. The highest BCUT2D eigenvalue weighted by Gasteiger charge is 2.11. The summed E-state index contributed by atoms with van der Waals surface area (Å²) in [6, 6.07) is 4.86. The van der Waals surface area contributed by atoms with E-state index in [2.05, 4.69) is 10.2 Å². The summed E-state index contributed by atoms with van der Waals surface area (Å²) in [4.78, 5) is 27.4. The first-order valence-corrected chi connectivity index (χ1v) is 8.19. The Kier molecular flexibility index (Phi) is 8.37. The Balaban J connectivity index is 2.46. The minimum atomic E-state index is -0.179. The van der Waals surface area contributed by atoms with Gasteiger partial charge in [-0.1, -0.05) is 23.2 Å². The van der Waals surface area contributed by atoms with Crippen molar-refractivity contribution in [3.05, 3.63) is 28.2 Å².